The van der Waals surface area contributed by atoms with Gasteiger partial charge in [0.2, 0.25) is 5.91 Å². The Kier molecular flexibility index (Phi) is 12.5. The maximum atomic E-state index is 13.6. The Morgan fingerprint density at radius 1 is 0.921 bits per heavy atom. The number of benzene rings is 2. The van der Waals surface area contributed by atoms with Crippen molar-refractivity contribution < 1.29 is 19.1 Å². The Morgan fingerprint density at radius 3 is 2.18 bits per heavy atom. The molecule has 3 rings (SSSR count). The number of ether oxygens (including phenoxy) is 1. The monoisotopic (exact) mass is 540 g/mol. The summed E-state index contributed by atoms with van der Waals surface area (Å²) in [5, 5.41) is 3.08. The summed E-state index contributed by atoms with van der Waals surface area (Å²) in [6.07, 6.45) is 1.51. The van der Waals surface area contributed by atoms with Crippen LogP contribution < -0.4 is 5.32 Å². The Bertz CT molecular complexity index is 1000. The maximum absolute atomic E-state index is 13.6. The first-order valence-corrected chi connectivity index (χ1v) is 14.4. The molecule has 0 aliphatic carbocycles. The number of nitrogens with zero attached hydrogens (tertiary/aromatic N) is 3. The van der Waals surface area contributed by atoms with Crippen molar-refractivity contribution >= 4 is 29.7 Å². The summed E-state index contributed by atoms with van der Waals surface area (Å²) in [4.78, 5) is 44.4. The predicted octanol–water partition coefficient (Wildman–Crippen LogP) is 2.92. The van der Waals surface area contributed by atoms with Crippen molar-refractivity contribution in [1.82, 2.24) is 20.0 Å². The van der Waals surface area contributed by atoms with Gasteiger partial charge in [-0.2, -0.15) is 11.8 Å². The third-order valence-electron chi connectivity index (χ3n) is 6.68. The number of hydrogen-bond acceptors (Lipinski definition) is 6. The summed E-state index contributed by atoms with van der Waals surface area (Å²) < 4.78 is 4.71. The molecule has 9 heteroatoms. The van der Waals surface area contributed by atoms with Crippen molar-refractivity contribution in [3.63, 3.8) is 0 Å². The number of esters is 1. The summed E-state index contributed by atoms with van der Waals surface area (Å²) in [6.45, 7) is 4.02. The van der Waals surface area contributed by atoms with Crippen LogP contribution in [0.2, 0.25) is 0 Å². The van der Waals surface area contributed by atoms with E-state index in [2.05, 4.69) is 29.4 Å². The molecule has 2 aromatic carbocycles. The van der Waals surface area contributed by atoms with Gasteiger partial charge in [0.25, 0.3) is 0 Å². The molecule has 0 radical (unpaired) electrons. The zero-order valence-corrected chi connectivity index (χ0v) is 23.3. The minimum atomic E-state index is -0.639. The van der Waals surface area contributed by atoms with E-state index < -0.39 is 6.04 Å². The molecule has 0 spiro atoms. The van der Waals surface area contributed by atoms with E-state index in [4.69, 9.17) is 4.74 Å². The molecular weight excluding hydrogens is 500 g/mol. The Balaban J connectivity index is 1.67. The van der Waals surface area contributed by atoms with Crippen molar-refractivity contribution in [1.29, 1.82) is 0 Å². The molecule has 1 saturated heterocycles. The quantitative estimate of drug-likeness (QED) is 0.311. The molecule has 1 aliphatic rings. The first-order chi connectivity index (χ1) is 18.5. The van der Waals surface area contributed by atoms with Gasteiger partial charge < -0.3 is 24.8 Å². The minimum absolute atomic E-state index is 0.0363. The van der Waals surface area contributed by atoms with Gasteiger partial charge in [-0.15, -0.1) is 0 Å². The fourth-order valence-corrected chi connectivity index (χ4v) is 5.16. The number of rotatable bonds is 13. The lowest BCUT2D eigenvalue weighted by atomic mass is 10.0. The van der Waals surface area contributed by atoms with E-state index in [1.165, 1.54) is 7.11 Å². The second-order valence-electron chi connectivity index (χ2n) is 9.48. The second-order valence-corrected chi connectivity index (χ2v) is 10.7. The van der Waals surface area contributed by atoms with Crippen molar-refractivity contribution in [3.05, 3.63) is 71.8 Å². The van der Waals surface area contributed by atoms with E-state index in [0.29, 0.717) is 50.5 Å². The smallest absolute Gasteiger partial charge is 0.318 e. The zero-order chi connectivity index (χ0) is 27.2. The number of nitrogens with one attached hydrogen (secondary N) is 1. The number of urea groups is 1. The van der Waals surface area contributed by atoms with Gasteiger partial charge in [-0.3, -0.25) is 9.59 Å². The molecule has 1 heterocycles. The van der Waals surface area contributed by atoms with Crippen LogP contribution in [0.5, 0.6) is 0 Å². The zero-order valence-electron chi connectivity index (χ0n) is 22.5. The third kappa shape index (κ3) is 10.0. The minimum Gasteiger partial charge on any atom is -0.469 e. The van der Waals surface area contributed by atoms with Crippen molar-refractivity contribution in [2.24, 2.45) is 0 Å². The number of piperazine rings is 1. The predicted molar refractivity (Wildman–Crippen MR) is 152 cm³/mol. The van der Waals surface area contributed by atoms with Crippen LogP contribution in [0.4, 0.5) is 4.79 Å². The van der Waals surface area contributed by atoms with Crippen LogP contribution in [0.3, 0.4) is 0 Å². The Hall–Kier alpha value is -3.04. The highest BCUT2D eigenvalue weighted by Crippen LogP contribution is 2.11. The van der Waals surface area contributed by atoms with Crippen molar-refractivity contribution in [2.75, 3.05) is 64.9 Å². The molecular formula is C29H40N4O4S. The topological polar surface area (TPSA) is 82.2 Å². The third-order valence-corrected chi connectivity index (χ3v) is 7.64. The van der Waals surface area contributed by atoms with Crippen LogP contribution in [0.1, 0.15) is 17.5 Å². The molecule has 1 N–H and O–H groups in total. The van der Waals surface area contributed by atoms with Crippen LogP contribution >= 0.6 is 11.8 Å². The molecule has 3 amide bonds. The number of carbonyl (C=O) groups excluding carboxylic acids is 3. The summed E-state index contributed by atoms with van der Waals surface area (Å²) in [5.74, 6) is 1.06. The summed E-state index contributed by atoms with van der Waals surface area (Å²) in [6, 6.07) is 19.0. The van der Waals surface area contributed by atoms with E-state index in [9.17, 15) is 14.4 Å². The highest BCUT2D eigenvalue weighted by atomic mass is 32.2. The van der Waals surface area contributed by atoms with Gasteiger partial charge in [0.1, 0.15) is 6.04 Å². The lowest BCUT2D eigenvalue weighted by Crippen LogP contribution is -2.57. The fraction of sp³-hybridized carbons (Fsp3) is 0.483. The number of amides is 3. The summed E-state index contributed by atoms with van der Waals surface area (Å²) in [5.41, 5.74) is 2.16. The second kappa shape index (κ2) is 16.0. The highest BCUT2D eigenvalue weighted by molar-refractivity contribution is 7.99. The number of likely N-dealkylation sites (N-methyl/N-ethyl adjacent to an activating group) is 1. The molecule has 0 aromatic heterocycles. The van der Waals surface area contributed by atoms with Crippen LogP contribution in [0.15, 0.2) is 60.7 Å². The molecule has 38 heavy (non-hydrogen) atoms. The standard InChI is InChI=1S/C29H40N4O4S/c1-31-16-18-32(19-17-31)28(35)26(23-25-11-7-4-8-12-25)30-29(36)33(15-13-24-9-5-3-6-10-24)20-22-38-21-14-27(34)37-2/h3-12,26H,13-23H2,1-2H3,(H,30,36)/t26-/m0/s1. The van der Waals surface area contributed by atoms with Gasteiger partial charge in [0, 0.05) is 57.2 Å². The Labute approximate surface area is 230 Å². The molecule has 0 saturated carbocycles. The first-order valence-electron chi connectivity index (χ1n) is 13.2. The van der Waals surface area contributed by atoms with E-state index in [1.54, 1.807) is 16.7 Å². The number of methoxy groups -OCH3 is 1. The Morgan fingerprint density at radius 2 is 1.55 bits per heavy atom. The van der Waals surface area contributed by atoms with Crippen LogP contribution in [-0.2, 0) is 27.2 Å². The molecule has 8 nitrogen and oxygen atoms in total. The molecule has 206 valence electrons. The summed E-state index contributed by atoms with van der Waals surface area (Å²) in [7, 11) is 3.44. The van der Waals surface area contributed by atoms with Crippen LogP contribution in [0.25, 0.3) is 0 Å². The van der Waals surface area contributed by atoms with Crippen molar-refractivity contribution in [3.8, 4) is 0 Å². The van der Waals surface area contributed by atoms with Gasteiger partial charge in [-0.1, -0.05) is 60.7 Å². The van der Waals surface area contributed by atoms with Gasteiger partial charge in [-0.25, -0.2) is 4.79 Å². The van der Waals surface area contributed by atoms with Crippen molar-refractivity contribution in [2.45, 2.75) is 25.3 Å². The summed E-state index contributed by atoms with van der Waals surface area (Å²) >= 11 is 1.61. The lowest BCUT2D eigenvalue weighted by molar-refractivity contribution is -0.140. The normalized spacial score (nSPS) is 14.5. The van der Waals surface area contributed by atoms with Gasteiger partial charge in [-0.05, 0) is 24.6 Å². The lowest BCUT2D eigenvalue weighted by Gasteiger charge is -2.35. The molecule has 1 atom stereocenters. The fourth-order valence-electron chi connectivity index (χ4n) is 4.30. The molecule has 2 aromatic rings. The van der Waals surface area contributed by atoms with E-state index in [1.807, 2.05) is 53.4 Å². The number of hydrogen-bond donors (Lipinski definition) is 1. The van der Waals surface area contributed by atoms with Gasteiger partial charge >= 0.3 is 12.0 Å². The molecule has 1 aliphatic heterocycles. The van der Waals surface area contributed by atoms with Crippen LogP contribution in [0, 0.1) is 0 Å². The molecule has 1 fully saturated rings. The van der Waals surface area contributed by atoms with E-state index in [-0.39, 0.29) is 17.9 Å². The SMILES string of the molecule is COC(=O)CCSCCN(CCc1ccccc1)C(=O)N[C@@H](Cc1ccccc1)C(=O)N1CCN(C)CC1. The molecule has 0 unspecified atom stereocenters. The van der Waals surface area contributed by atoms with Crippen LogP contribution in [-0.4, -0.2) is 104 Å². The maximum Gasteiger partial charge on any atom is 0.318 e. The first kappa shape index (κ1) is 29.5. The largest absolute Gasteiger partial charge is 0.469 e. The average Bonchev–Trinajstić information content (AvgIpc) is 2.95. The van der Waals surface area contributed by atoms with E-state index >= 15 is 0 Å². The van der Waals surface area contributed by atoms with E-state index in [0.717, 1.165) is 30.6 Å². The van der Waals surface area contributed by atoms with Gasteiger partial charge in [0.15, 0.2) is 0 Å². The number of thioether (sulfide) groups is 1. The highest BCUT2D eigenvalue weighted by Gasteiger charge is 2.29. The number of carbonyl (C=O) groups is 3. The average molecular weight is 541 g/mol. The molecule has 0 bridgehead atoms. The van der Waals surface area contributed by atoms with Gasteiger partial charge in [0.05, 0.1) is 13.5 Å².